The van der Waals surface area contributed by atoms with E-state index in [-0.39, 0.29) is 45.1 Å². The molecule has 7 nitrogen and oxygen atoms in total. The van der Waals surface area contributed by atoms with Gasteiger partial charge in [0.05, 0.1) is 28.2 Å². The highest BCUT2D eigenvalue weighted by Gasteiger charge is 2.51. The average molecular weight is 593 g/mol. The Balaban J connectivity index is 1.37. The van der Waals surface area contributed by atoms with Crippen LogP contribution in [0.3, 0.4) is 0 Å². The van der Waals surface area contributed by atoms with Crippen molar-refractivity contribution < 1.29 is 27.9 Å². The Bertz CT molecular complexity index is 1550. The van der Waals surface area contributed by atoms with Crippen molar-refractivity contribution in [1.82, 2.24) is 4.90 Å². The van der Waals surface area contributed by atoms with Crippen molar-refractivity contribution in [2.24, 2.45) is 0 Å². The minimum Gasteiger partial charge on any atom is -0.396 e. The van der Waals surface area contributed by atoms with E-state index >= 15 is 0 Å². The topological polar surface area (TPSA) is 98.9 Å². The van der Waals surface area contributed by atoms with Crippen LogP contribution >= 0.6 is 0 Å². The molecule has 43 heavy (non-hydrogen) atoms. The van der Waals surface area contributed by atoms with Gasteiger partial charge in [-0.1, -0.05) is 42.8 Å². The van der Waals surface area contributed by atoms with Gasteiger partial charge in [-0.2, -0.15) is 13.2 Å². The lowest BCUT2D eigenvalue weighted by Crippen LogP contribution is -2.47. The molecule has 4 N–H and O–H groups in total. The van der Waals surface area contributed by atoms with Gasteiger partial charge in [-0.05, 0) is 69.5 Å². The molecular weight excluding hydrogens is 557 g/mol. The van der Waals surface area contributed by atoms with Gasteiger partial charge in [0.25, 0.3) is 0 Å². The van der Waals surface area contributed by atoms with E-state index in [4.69, 9.17) is 5.73 Å². The molecule has 0 bridgehead atoms. The quantitative estimate of drug-likeness (QED) is 0.244. The maximum absolute atomic E-state index is 13.8. The molecule has 226 valence electrons. The summed E-state index contributed by atoms with van der Waals surface area (Å²) in [6.07, 6.45) is 0.773. The number of carbonyl (C=O) groups is 2. The molecule has 0 aromatic heterocycles. The van der Waals surface area contributed by atoms with Crippen molar-refractivity contribution in [1.29, 1.82) is 0 Å². The molecule has 2 fully saturated rings. The molecule has 1 atom stereocenters. The van der Waals surface area contributed by atoms with Crippen molar-refractivity contribution in [3.8, 4) is 0 Å². The number of benzene rings is 3. The summed E-state index contributed by atoms with van der Waals surface area (Å²) in [6.45, 7) is 4.42. The summed E-state index contributed by atoms with van der Waals surface area (Å²) in [5, 5.41) is 13.3. The number of piperidine rings is 2. The lowest BCUT2D eigenvalue weighted by molar-refractivity contribution is -0.258. The number of ketones is 2. The van der Waals surface area contributed by atoms with Gasteiger partial charge in [0.15, 0.2) is 17.2 Å². The average Bonchev–Trinajstić information content (AvgIpc) is 3.01. The number of hydrogen-bond donors (Lipinski definition) is 3. The van der Waals surface area contributed by atoms with Crippen LogP contribution in [0.2, 0.25) is 0 Å². The first kappa shape index (κ1) is 29.2. The molecule has 1 unspecified atom stereocenters. The Morgan fingerprint density at radius 2 is 1.44 bits per heavy atom. The summed E-state index contributed by atoms with van der Waals surface area (Å²) < 4.78 is 40.2. The predicted octanol–water partition coefficient (Wildman–Crippen LogP) is 6.01. The van der Waals surface area contributed by atoms with Gasteiger partial charge in [0.1, 0.15) is 0 Å². The third kappa shape index (κ3) is 5.16. The monoisotopic (exact) mass is 592 g/mol. The van der Waals surface area contributed by atoms with E-state index in [9.17, 15) is 27.9 Å². The smallest absolute Gasteiger partial charge is 0.396 e. The highest BCUT2D eigenvalue weighted by atomic mass is 19.4. The minimum atomic E-state index is -4.85. The van der Waals surface area contributed by atoms with Gasteiger partial charge in [-0.3, -0.25) is 9.59 Å². The summed E-state index contributed by atoms with van der Waals surface area (Å²) in [6, 6.07) is 14.1. The molecular formula is C33H35F3N4O3. The molecule has 0 radical (unpaired) electrons. The minimum absolute atomic E-state index is 0.137. The van der Waals surface area contributed by atoms with Crippen LogP contribution in [0.5, 0.6) is 0 Å². The number of rotatable bonds is 5. The van der Waals surface area contributed by atoms with Gasteiger partial charge in [0.2, 0.25) is 0 Å². The zero-order chi connectivity index (χ0) is 30.5. The van der Waals surface area contributed by atoms with Gasteiger partial charge in [-0.25, -0.2) is 0 Å². The first-order valence-electron chi connectivity index (χ1n) is 14.8. The molecule has 3 aliphatic rings. The fourth-order valence-electron chi connectivity index (χ4n) is 6.62. The van der Waals surface area contributed by atoms with E-state index in [0.29, 0.717) is 30.0 Å². The lowest BCUT2D eigenvalue weighted by atomic mass is 9.81. The number of nitrogens with one attached hydrogen (secondary N) is 1. The predicted molar refractivity (Wildman–Crippen MR) is 160 cm³/mol. The fraction of sp³-hybridized carbons (Fsp3) is 0.394. The van der Waals surface area contributed by atoms with E-state index in [1.807, 2.05) is 0 Å². The number of aliphatic hydroxyl groups is 1. The van der Waals surface area contributed by atoms with Crippen molar-refractivity contribution >= 4 is 34.3 Å². The fourth-order valence-corrected chi connectivity index (χ4v) is 6.62. The van der Waals surface area contributed by atoms with E-state index < -0.39 is 11.8 Å². The second-order valence-electron chi connectivity index (χ2n) is 11.9. The third-order valence-electron chi connectivity index (χ3n) is 9.21. The van der Waals surface area contributed by atoms with Crippen LogP contribution in [0.1, 0.15) is 76.4 Å². The molecule has 2 heterocycles. The molecule has 3 aromatic rings. The van der Waals surface area contributed by atoms with Crippen LogP contribution in [0, 0.1) is 0 Å². The SMILES string of the molecule is CC(O)(c1ccc(Nc2cc(N3CCC(N4CCCCC4)CC3)c(N)c3c2C(=O)c2ccccc2C3=O)cc1)C(F)(F)F. The summed E-state index contributed by atoms with van der Waals surface area (Å²) in [5.74, 6) is -0.696. The maximum atomic E-state index is 13.8. The highest BCUT2D eigenvalue weighted by Crippen LogP contribution is 2.43. The second kappa shape index (κ2) is 11.0. The van der Waals surface area contributed by atoms with Gasteiger partial charge in [0, 0.05) is 35.9 Å². The molecule has 0 spiro atoms. The molecule has 6 rings (SSSR count). The Kier molecular flexibility index (Phi) is 7.46. The van der Waals surface area contributed by atoms with Crippen LogP contribution in [0.15, 0.2) is 54.6 Å². The summed E-state index contributed by atoms with van der Waals surface area (Å²) >= 11 is 0. The van der Waals surface area contributed by atoms with Crippen LogP contribution in [-0.4, -0.2) is 60.0 Å². The number of anilines is 4. The lowest BCUT2D eigenvalue weighted by Gasteiger charge is -2.41. The second-order valence-corrected chi connectivity index (χ2v) is 11.9. The summed E-state index contributed by atoms with van der Waals surface area (Å²) in [5.41, 5.74) is 5.84. The standard InChI is InChI=1S/C33H35F3N4O3/c1-32(43,33(34,35)36)20-9-11-21(12-10-20)38-25-19-26(40-17-13-22(14-18-40)39-15-5-2-6-16-39)29(37)28-27(25)30(41)23-7-3-4-8-24(23)31(28)42/h3-4,7-12,19,22,38,43H,2,5-6,13-18,37H2,1H3. The van der Waals surface area contributed by atoms with Gasteiger partial charge < -0.3 is 26.0 Å². The third-order valence-corrected chi connectivity index (χ3v) is 9.21. The zero-order valence-electron chi connectivity index (χ0n) is 24.0. The van der Waals surface area contributed by atoms with E-state index in [2.05, 4.69) is 15.1 Å². The van der Waals surface area contributed by atoms with E-state index in [1.54, 1.807) is 30.3 Å². The van der Waals surface area contributed by atoms with Gasteiger partial charge >= 0.3 is 6.18 Å². The van der Waals surface area contributed by atoms with Crippen LogP contribution in [0.4, 0.5) is 35.9 Å². The van der Waals surface area contributed by atoms with Crippen LogP contribution < -0.4 is 16.0 Å². The number of halogens is 3. The van der Waals surface area contributed by atoms with Crippen LogP contribution in [0.25, 0.3) is 0 Å². The molecule has 2 aliphatic heterocycles. The van der Waals surface area contributed by atoms with Gasteiger partial charge in [-0.15, -0.1) is 0 Å². The first-order valence-corrected chi connectivity index (χ1v) is 14.8. The Labute approximate surface area is 248 Å². The van der Waals surface area contributed by atoms with Crippen molar-refractivity contribution in [2.45, 2.75) is 56.8 Å². The van der Waals surface area contributed by atoms with Crippen molar-refractivity contribution in [2.75, 3.05) is 42.1 Å². The number of nitrogens with two attached hydrogens (primary N) is 1. The number of fused-ring (bicyclic) bond motifs is 2. The zero-order valence-corrected chi connectivity index (χ0v) is 24.0. The largest absolute Gasteiger partial charge is 0.421 e. The number of carbonyl (C=O) groups excluding carboxylic acids is 2. The Morgan fingerprint density at radius 1 is 0.860 bits per heavy atom. The van der Waals surface area contributed by atoms with E-state index in [0.717, 1.165) is 39.0 Å². The molecule has 0 amide bonds. The molecule has 1 aliphatic carbocycles. The number of nitrogen functional groups attached to an aromatic ring is 1. The first-order chi connectivity index (χ1) is 20.5. The molecule has 0 saturated carbocycles. The summed E-state index contributed by atoms with van der Waals surface area (Å²) in [4.78, 5) is 32.3. The van der Waals surface area contributed by atoms with Crippen molar-refractivity contribution in [3.63, 3.8) is 0 Å². The molecule has 10 heteroatoms. The summed E-state index contributed by atoms with van der Waals surface area (Å²) in [7, 11) is 0. The normalized spacial score (nSPS) is 19.5. The number of nitrogens with zero attached hydrogens (tertiary/aromatic N) is 2. The highest BCUT2D eigenvalue weighted by molar-refractivity contribution is 6.32. The number of likely N-dealkylation sites (tertiary alicyclic amines) is 1. The van der Waals surface area contributed by atoms with Crippen LogP contribution in [-0.2, 0) is 5.60 Å². The number of hydrogen-bond acceptors (Lipinski definition) is 7. The Hall–Kier alpha value is -3.89. The molecule has 3 aromatic carbocycles. The number of alkyl halides is 3. The van der Waals surface area contributed by atoms with E-state index in [1.165, 1.54) is 43.5 Å². The maximum Gasteiger partial charge on any atom is 0.421 e. The van der Waals surface area contributed by atoms with Crippen molar-refractivity contribution in [3.05, 3.63) is 82.4 Å². The Morgan fingerprint density at radius 3 is 2.02 bits per heavy atom. The molecule has 2 saturated heterocycles.